The van der Waals surface area contributed by atoms with E-state index in [0.29, 0.717) is 43.1 Å². The number of carbonyl (C=O) groups excluding carboxylic acids is 2. The predicted octanol–water partition coefficient (Wildman–Crippen LogP) is 4.60. The number of rotatable bonds is 5. The molecule has 34 heavy (non-hydrogen) atoms. The van der Waals surface area contributed by atoms with Crippen molar-refractivity contribution in [2.45, 2.75) is 42.5 Å². The molecule has 1 amide bonds. The Morgan fingerprint density at radius 3 is 2.06 bits per heavy atom. The first-order chi connectivity index (χ1) is 15.8. The number of ether oxygens (including phenoxy) is 1. The number of piperidine rings is 1. The molecule has 0 atom stereocenters. The van der Waals surface area contributed by atoms with E-state index in [1.54, 1.807) is 4.90 Å². The summed E-state index contributed by atoms with van der Waals surface area (Å²) in [4.78, 5) is 25.6. The second-order valence-electron chi connectivity index (χ2n) is 8.77. The summed E-state index contributed by atoms with van der Waals surface area (Å²) in [6.45, 7) is 3.67. The number of hydrogen-bond acceptors (Lipinski definition) is 5. The molecule has 0 spiro atoms. The van der Waals surface area contributed by atoms with Crippen molar-refractivity contribution < 1.29 is 35.9 Å². The van der Waals surface area contributed by atoms with Crippen LogP contribution in [-0.2, 0) is 20.8 Å². The van der Waals surface area contributed by atoms with E-state index >= 15 is 0 Å². The van der Waals surface area contributed by atoms with E-state index < -0.39 is 32.3 Å². The van der Waals surface area contributed by atoms with Gasteiger partial charge in [0.2, 0.25) is 0 Å². The average Bonchev–Trinajstić information content (AvgIpc) is 2.82. The summed E-state index contributed by atoms with van der Waals surface area (Å²) in [5, 5.41) is 0. The number of methoxy groups -OCH3 is 1. The van der Waals surface area contributed by atoms with Crippen LogP contribution in [0.3, 0.4) is 0 Å². The van der Waals surface area contributed by atoms with E-state index in [1.165, 1.54) is 51.3 Å². The number of sulfone groups is 1. The molecule has 0 bridgehead atoms. The number of hydrogen-bond donors (Lipinski definition) is 0. The first kappa shape index (κ1) is 25.7. The summed E-state index contributed by atoms with van der Waals surface area (Å²) in [5.41, 5.74) is -0.302. The highest BCUT2D eigenvalue weighted by Crippen LogP contribution is 2.39. The van der Waals surface area contributed by atoms with E-state index in [9.17, 15) is 31.2 Å². The first-order valence-corrected chi connectivity index (χ1v) is 12.2. The van der Waals surface area contributed by atoms with Crippen LogP contribution in [0.2, 0.25) is 0 Å². The van der Waals surface area contributed by atoms with Crippen molar-refractivity contribution >= 4 is 21.7 Å². The van der Waals surface area contributed by atoms with Gasteiger partial charge in [-0.2, -0.15) is 13.2 Å². The van der Waals surface area contributed by atoms with Crippen molar-refractivity contribution in [3.05, 3.63) is 65.2 Å². The van der Waals surface area contributed by atoms with Gasteiger partial charge >= 0.3 is 12.1 Å². The number of esters is 1. The van der Waals surface area contributed by atoms with Crippen LogP contribution in [0.15, 0.2) is 53.4 Å². The summed E-state index contributed by atoms with van der Waals surface area (Å²) in [5.74, 6) is -1.10. The van der Waals surface area contributed by atoms with Gasteiger partial charge in [0.25, 0.3) is 5.91 Å². The number of amides is 1. The van der Waals surface area contributed by atoms with Crippen molar-refractivity contribution in [3.8, 4) is 0 Å². The highest BCUT2D eigenvalue weighted by atomic mass is 32.2. The van der Waals surface area contributed by atoms with Gasteiger partial charge in [0, 0.05) is 18.7 Å². The first-order valence-electron chi connectivity index (χ1n) is 10.7. The van der Waals surface area contributed by atoms with Gasteiger partial charge < -0.3 is 9.64 Å². The fraction of sp³-hybridized carbons (Fsp3) is 0.417. The maximum Gasteiger partial charge on any atom is 0.416 e. The lowest BCUT2D eigenvalue weighted by Gasteiger charge is -2.40. The number of halogens is 3. The molecule has 0 saturated carbocycles. The number of carbonyl (C=O) groups is 2. The Morgan fingerprint density at radius 2 is 1.53 bits per heavy atom. The maximum atomic E-state index is 13.3. The minimum atomic E-state index is -4.64. The maximum absolute atomic E-state index is 13.3. The van der Waals surface area contributed by atoms with Crippen LogP contribution < -0.4 is 0 Å². The molecule has 6 nitrogen and oxygen atoms in total. The zero-order chi connectivity index (χ0) is 25.3. The fourth-order valence-electron chi connectivity index (χ4n) is 4.19. The van der Waals surface area contributed by atoms with Crippen molar-refractivity contribution in [1.82, 2.24) is 4.90 Å². The number of likely N-dealkylation sites (tertiary alicyclic amines) is 1. The third-order valence-corrected chi connectivity index (χ3v) is 9.08. The van der Waals surface area contributed by atoms with E-state index in [2.05, 4.69) is 4.74 Å². The molecule has 0 N–H and O–H groups in total. The van der Waals surface area contributed by atoms with Crippen LogP contribution in [0.1, 0.15) is 53.0 Å². The van der Waals surface area contributed by atoms with E-state index in [1.807, 2.05) is 0 Å². The minimum Gasteiger partial charge on any atom is -0.465 e. The predicted molar refractivity (Wildman–Crippen MR) is 119 cm³/mol. The van der Waals surface area contributed by atoms with Crippen molar-refractivity contribution in [2.75, 3.05) is 20.2 Å². The lowest BCUT2D eigenvalue weighted by molar-refractivity contribution is -0.137. The van der Waals surface area contributed by atoms with Crippen LogP contribution in [0.5, 0.6) is 0 Å². The molecule has 0 radical (unpaired) electrons. The Hall–Kier alpha value is -2.88. The molecule has 3 rings (SSSR count). The molecule has 0 aromatic heterocycles. The van der Waals surface area contributed by atoms with Gasteiger partial charge in [-0.3, -0.25) is 4.79 Å². The van der Waals surface area contributed by atoms with E-state index in [0.717, 1.165) is 12.1 Å². The minimum absolute atomic E-state index is 0.242. The third-order valence-electron chi connectivity index (χ3n) is 6.48. The molecule has 10 heteroatoms. The van der Waals surface area contributed by atoms with Gasteiger partial charge in [0.15, 0.2) is 9.84 Å². The Bertz CT molecular complexity index is 1170. The second kappa shape index (κ2) is 9.40. The molecule has 0 unspecified atom stereocenters. The monoisotopic (exact) mass is 497 g/mol. The lowest BCUT2D eigenvalue weighted by Crippen LogP contribution is -2.47. The van der Waals surface area contributed by atoms with Crippen LogP contribution in [0.25, 0.3) is 0 Å². The topological polar surface area (TPSA) is 80.8 Å². The highest BCUT2D eigenvalue weighted by molar-refractivity contribution is 7.92. The molecule has 1 aliphatic rings. The summed E-state index contributed by atoms with van der Waals surface area (Å²) < 4.78 is 69.2. The zero-order valence-corrected chi connectivity index (χ0v) is 19.9. The molecular formula is C24H26F3NO5S. The molecule has 1 saturated heterocycles. The van der Waals surface area contributed by atoms with Crippen LogP contribution in [-0.4, -0.2) is 50.1 Å². The molecule has 1 fully saturated rings. The lowest BCUT2D eigenvalue weighted by atomic mass is 9.85. The molecule has 2 aromatic rings. The standard InChI is InChI=1S/C24H26F3NO5S/c1-23(2,34(31,32)20-6-4-5-19(15-20)24(25,26)27)18-11-13-28(14-12-18)21(29)16-7-9-17(10-8-16)22(30)33-3/h4-10,15,18H,11-14H2,1-3H3. The zero-order valence-electron chi connectivity index (χ0n) is 19.1. The van der Waals surface area contributed by atoms with Gasteiger partial charge in [-0.25, -0.2) is 13.2 Å². The Kier molecular flexibility index (Phi) is 7.12. The molecular weight excluding hydrogens is 471 g/mol. The van der Waals surface area contributed by atoms with E-state index in [-0.39, 0.29) is 16.7 Å². The number of nitrogens with zero attached hydrogens (tertiary/aromatic N) is 1. The Balaban J connectivity index is 1.72. The summed E-state index contributed by atoms with van der Waals surface area (Å²) in [7, 11) is -2.81. The Labute approximate surface area is 196 Å². The average molecular weight is 498 g/mol. The SMILES string of the molecule is COC(=O)c1ccc(C(=O)N2CCC(C(C)(C)S(=O)(=O)c3cccc(C(F)(F)F)c3)CC2)cc1. The van der Waals surface area contributed by atoms with E-state index in [4.69, 9.17) is 0 Å². The normalized spacial score (nSPS) is 15.8. The molecule has 2 aromatic carbocycles. The smallest absolute Gasteiger partial charge is 0.416 e. The summed E-state index contributed by atoms with van der Waals surface area (Å²) >= 11 is 0. The van der Waals surface area contributed by atoms with Crippen LogP contribution >= 0.6 is 0 Å². The summed E-state index contributed by atoms with van der Waals surface area (Å²) in [6.07, 6.45) is -3.87. The number of benzene rings is 2. The van der Waals surface area contributed by atoms with Crippen LogP contribution in [0, 0.1) is 5.92 Å². The van der Waals surface area contributed by atoms with Gasteiger partial charge in [0.1, 0.15) is 0 Å². The van der Waals surface area contributed by atoms with Crippen LogP contribution in [0.4, 0.5) is 13.2 Å². The second-order valence-corrected chi connectivity index (χ2v) is 11.3. The van der Waals surface area contributed by atoms with Crippen molar-refractivity contribution in [3.63, 3.8) is 0 Å². The molecule has 184 valence electrons. The largest absolute Gasteiger partial charge is 0.465 e. The van der Waals surface area contributed by atoms with Crippen molar-refractivity contribution in [2.24, 2.45) is 5.92 Å². The fourth-order valence-corrected chi connectivity index (χ4v) is 6.01. The molecule has 0 aliphatic carbocycles. The quantitative estimate of drug-likeness (QED) is 0.565. The third kappa shape index (κ3) is 4.96. The van der Waals surface area contributed by atoms with Gasteiger partial charge in [-0.05, 0) is 75.1 Å². The number of alkyl halides is 3. The summed E-state index contributed by atoms with van der Waals surface area (Å²) in [6, 6.07) is 9.85. The van der Waals surface area contributed by atoms with Gasteiger partial charge in [-0.1, -0.05) is 6.07 Å². The molecule has 1 aliphatic heterocycles. The van der Waals surface area contributed by atoms with Gasteiger partial charge in [-0.15, -0.1) is 0 Å². The molecule has 1 heterocycles. The van der Waals surface area contributed by atoms with Gasteiger partial charge in [0.05, 0.1) is 27.9 Å². The van der Waals surface area contributed by atoms with Crippen molar-refractivity contribution in [1.29, 1.82) is 0 Å². The Morgan fingerprint density at radius 1 is 0.971 bits per heavy atom. The highest BCUT2D eigenvalue weighted by Gasteiger charge is 2.45.